The van der Waals surface area contributed by atoms with Crippen molar-refractivity contribution < 1.29 is 24.5 Å². The lowest BCUT2D eigenvalue weighted by molar-refractivity contribution is -0.138. The second kappa shape index (κ2) is 5.77. The Hall–Kier alpha value is -3.09. The molecule has 128 valence electrons. The number of hydrogen-bond donors (Lipinski definition) is 3. The summed E-state index contributed by atoms with van der Waals surface area (Å²) in [6, 6.07) is 6.54. The first-order valence-electron chi connectivity index (χ1n) is 8.04. The first kappa shape index (κ1) is 15.4. The summed E-state index contributed by atoms with van der Waals surface area (Å²) in [6.07, 6.45) is 2.99. The molecule has 1 amide bonds. The summed E-state index contributed by atoms with van der Waals surface area (Å²) in [5.41, 5.74) is 1.41. The molecule has 2 heterocycles. The Morgan fingerprint density at radius 1 is 1.28 bits per heavy atom. The number of aromatic hydroxyl groups is 1. The highest BCUT2D eigenvalue weighted by Gasteiger charge is 2.45. The van der Waals surface area contributed by atoms with Gasteiger partial charge in [0.1, 0.15) is 23.1 Å². The van der Waals surface area contributed by atoms with Gasteiger partial charge in [-0.15, -0.1) is 0 Å². The maximum absolute atomic E-state index is 11.5. The number of benzene rings is 1. The highest BCUT2D eigenvalue weighted by Crippen LogP contribution is 2.51. The van der Waals surface area contributed by atoms with Crippen molar-refractivity contribution in [3.05, 3.63) is 41.6 Å². The van der Waals surface area contributed by atoms with E-state index in [4.69, 9.17) is 9.84 Å². The van der Waals surface area contributed by atoms with Gasteiger partial charge in [-0.25, -0.2) is 4.98 Å². The van der Waals surface area contributed by atoms with E-state index in [2.05, 4.69) is 10.3 Å². The summed E-state index contributed by atoms with van der Waals surface area (Å²) in [5, 5.41) is 21.8. The van der Waals surface area contributed by atoms with E-state index in [1.54, 1.807) is 24.4 Å². The van der Waals surface area contributed by atoms with Crippen molar-refractivity contribution in [1.82, 2.24) is 4.98 Å². The van der Waals surface area contributed by atoms with E-state index in [-0.39, 0.29) is 17.6 Å². The summed E-state index contributed by atoms with van der Waals surface area (Å²) < 4.78 is 5.93. The van der Waals surface area contributed by atoms with Gasteiger partial charge in [0.25, 0.3) is 0 Å². The van der Waals surface area contributed by atoms with E-state index in [1.807, 2.05) is 0 Å². The first-order valence-corrected chi connectivity index (χ1v) is 8.04. The zero-order valence-electron chi connectivity index (χ0n) is 13.2. The van der Waals surface area contributed by atoms with Gasteiger partial charge in [0.05, 0.1) is 5.92 Å². The maximum Gasteiger partial charge on any atom is 0.307 e. The number of amides is 1. The molecule has 2 atom stereocenters. The Morgan fingerprint density at radius 2 is 2.12 bits per heavy atom. The van der Waals surface area contributed by atoms with Crippen LogP contribution in [0.15, 0.2) is 30.5 Å². The van der Waals surface area contributed by atoms with E-state index < -0.39 is 11.9 Å². The highest BCUT2D eigenvalue weighted by atomic mass is 16.5. The van der Waals surface area contributed by atoms with Gasteiger partial charge in [0, 0.05) is 29.7 Å². The van der Waals surface area contributed by atoms with Crippen LogP contribution in [0.1, 0.15) is 29.9 Å². The lowest BCUT2D eigenvalue weighted by atomic mass is 10.1. The van der Waals surface area contributed by atoms with E-state index in [1.165, 1.54) is 6.07 Å². The number of ether oxygens (including phenoxy) is 1. The van der Waals surface area contributed by atoms with Crippen LogP contribution in [-0.2, 0) is 16.0 Å². The summed E-state index contributed by atoms with van der Waals surface area (Å²) >= 11 is 0. The van der Waals surface area contributed by atoms with Crippen molar-refractivity contribution in [2.24, 2.45) is 5.92 Å². The standard InChI is InChI=1S/C18H16N2O5/c21-14-3-1-9(7-12(14)11-8-13(11)18(23)24)25-15-5-6-19-17-10(15)2-4-16(22)20-17/h1,3,5-7,11,13,21H,2,4,8H2,(H,23,24)(H,19,20,22)/t11-,13?/m1/s1. The molecule has 1 aliphatic carbocycles. The summed E-state index contributed by atoms with van der Waals surface area (Å²) in [7, 11) is 0. The van der Waals surface area contributed by atoms with Gasteiger partial charge < -0.3 is 20.3 Å². The van der Waals surface area contributed by atoms with Crippen LogP contribution in [0, 0.1) is 5.92 Å². The molecular formula is C18H16N2O5. The number of anilines is 1. The first-order chi connectivity index (χ1) is 12.0. The largest absolute Gasteiger partial charge is 0.508 e. The minimum atomic E-state index is -0.852. The van der Waals surface area contributed by atoms with Gasteiger partial charge in [0.15, 0.2) is 0 Å². The van der Waals surface area contributed by atoms with E-state index in [0.29, 0.717) is 42.1 Å². The third-order valence-corrected chi connectivity index (χ3v) is 4.61. The van der Waals surface area contributed by atoms with Crippen LogP contribution in [0.5, 0.6) is 17.2 Å². The minimum absolute atomic E-state index is 0.0717. The normalized spacial score (nSPS) is 21.2. The molecular weight excluding hydrogens is 324 g/mol. The fourth-order valence-electron chi connectivity index (χ4n) is 3.18. The number of phenols is 1. The van der Waals surface area contributed by atoms with Crippen molar-refractivity contribution >= 4 is 17.7 Å². The van der Waals surface area contributed by atoms with Crippen LogP contribution < -0.4 is 10.1 Å². The number of carbonyl (C=O) groups excluding carboxylic acids is 1. The number of phenolic OH excluding ortho intramolecular Hbond substituents is 1. The fourth-order valence-corrected chi connectivity index (χ4v) is 3.18. The number of aliphatic carboxylic acids is 1. The second-order valence-corrected chi connectivity index (χ2v) is 6.29. The van der Waals surface area contributed by atoms with Crippen LogP contribution >= 0.6 is 0 Å². The van der Waals surface area contributed by atoms with Crippen LogP contribution in [0.25, 0.3) is 0 Å². The number of pyridine rings is 1. The van der Waals surface area contributed by atoms with Crippen LogP contribution in [0.2, 0.25) is 0 Å². The van der Waals surface area contributed by atoms with Crippen molar-refractivity contribution in [1.29, 1.82) is 0 Å². The number of carboxylic acids is 1. The van der Waals surface area contributed by atoms with Gasteiger partial charge >= 0.3 is 5.97 Å². The number of carboxylic acid groups (broad SMARTS) is 1. The van der Waals surface area contributed by atoms with E-state index in [9.17, 15) is 14.7 Å². The van der Waals surface area contributed by atoms with Gasteiger partial charge in [0.2, 0.25) is 5.91 Å². The predicted molar refractivity (Wildman–Crippen MR) is 87.9 cm³/mol. The Labute approximate surface area is 143 Å². The van der Waals surface area contributed by atoms with Gasteiger partial charge in [-0.05, 0) is 37.1 Å². The second-order valence-electron chi connectivity index (χ2n) is 6.29. The smallest absolute Gasteiger partial charge is 0.307 e. The number of aromatic nitrogens is 1. The molecule has 1 aromatic heterocycles. The molecule has 1 fully saturated rings. The third-order valence-electron chi connectivity index (χ3n) is 4.61. The summed E-state index contributed by atoms with van der Waals surface area (Å²) in [4.78, 5) is 26.7. The minimum Gasteiger partial charge on any atom is -0.508 e. The zero-order chi connectivity index (χ0) is 17.6. The Balaban J connectivity index is 1.61. The van der Waals surface area contributed by atoms with Crippen molar-refractivity contribution in [2.75, 3.05) is 5.32 Å². The van der Waals surface area contributed by atoms with E-state index in [0.717, 1.165) is 5.56 Å². The molecule has 0 bridgehead atoms. The van der Waals surface area contributed by atoms with Crippen LogP contribution in [0.4, 0.5) is 5.82 Å². The predicted octanol–water partition coefficient (Wildman–Crippen LogP) is 2.65. The summed E-state index contributed by atoms with van der Waals surface area (Å²) in [5.74, 6) is 0.108. The Morgan fingerprint density at radius 3 is 2.88 bits per heavy atom. The zero-order valence-corrected chi connectivity index (χ0v) is 13.2. The molecule has 0 spiro atoms. The molecule has 1 aliphatic heterocycles. The molecule has 0 saturated heterocycles. The van der Waals surface area contributed by atoms with Gasteiger partial charge in [-0.2, -0.15) is 0 Å². The Kier molecular flexibility index (Phi) is 3.56. The topological polar surface area (TPSA) is 109 Å². The number of rotatable bonds is 4. The molecule has 1 saturated carbocycles. The SMILES string of the molecule is O=C1CCc2c(Oc3ccc(O)c([C@H]4CC4C(=O)O)c3)ccnc2N1. The molecule has 2 aliphatic rings. The number of hydrogen-bond acceptors (Lipinski definition) is 5. The van der Waals surface area contributed by atoms with Crippen LogP contribution in [-0.4, -0.2) is 27.1 Å². The summed E-state index contributed by atoms with van der Waals surface area (Å²) in [6.45, 7) is 0. The molecule has 0 radical (unpaired) electrons. The van der Waals surface area contributed by atoms with Crippen molar-refractivity contribution in [3.63, 3.8) is 0 Å². The Bertz CT molecular complexity index is 880. The number of nitrogens with one attached hydrogen (secondary N) is 1. The quantitative estimate of drug-likeness (QED) is 0.789. The molecule has 25 heavy (non-hydrogen) atoms. The monoisotopic (exact) mass is 340 g/mol. The molecule has 1 aromatic carbocycles. The highest BCUT2D eigenvalue weighted by molar-refractivity contribution is 5.93. The van der Waals surface area contributed by atoms with E-state index >= 15 is 0 Å². The molecule has 4 rings (SSSR count). The lowest BCUT2D eigenvalue weighted by Gasteiger charge is -2.19. The maximum atomic E-state index is 11.5. The number of nitrogens with zero attached hydrogens (tertiary/aromatic N) is 1. The van der Waals surface area contributed by atoms with Crippen LogP contribution in [0.3, 0.4) is 0 Å². The average Bonchev–Trinajstić information content (AvgIpc) is 3.37. The van der Waals surface area contributed by atoms with Crippen molar-refractivity contribution in [2.45, 2.75) is 25.2 Å². The fraction of sp³-hybridized carbons (Fsp3) is 0.278. The van der Waals surface area contributed by atoms with Gasteiger partial charge in [-0.3, -0.25) is 9.59 Å². The number of fused-ring (bicyclic) bond motifs is 1. The third kappa shape index (κ3) is 2.88. The average molecular weight is 340 g/mol. The van der Waals surface area contributed by atoms with Gasteiger partial charge in [-0.1, -0.05) is 0 Å². The molecule has 7 nitrogen and oxygen atoms in total. The molecule has 1 unspecified atom stereocenters. The van der Waals surface area contributed by atoms with Crippen molar-refractivity contribution in [3.8, 4) is 17.2 Å². The molecule has 3 N–H and O–H groups in total. The molecule has 7 heteroatoms. The molecule has 2 aromatic rings. The lowest BCUT2D eigenvalue weighted by Crippen LogP contribution is -2.20. The number of carbonyl (C=O) groups is 2.